The number of nitrogens with two attached hydrogens (primary N) is 1. The fourth-order valence-electron chi connectivity index (χ4n) is 4.40. The summed E-state index contributed by atoms with van der Waals surface area (Å²) in [5, 5.41) is 12.1. The maximum Gasteiger partial charge on any atom is 0.326 e. The molecule has 9 heteroatoms. The van der Waals surface area contributed by atoms with Crippen molar-refractivity contribution in [2.24, 2.45) is 17.6 Å². The molecule has 9 nitrogen and oxygen atoms in total. The number of hydrogen-bond donors (Lipinski definition) is 3. The Bertz CT molecular complexity index is 685. The molecule has 2 heterocycles. The van der Waals surface area contributed by atoms with Crippen molar-refractivity contribution in [1.29, 1.82) is 0 Å². The van der Waals surface area contributed by atoms with Gasteiger partial charge in [-0.2, -0.15) is 0 Å². The Balaban J connectivity index is 2.12. The van der Waals surface area contributed by atoms with E-state index in [1.54, 1.807) is 11.8 Å². The molecular formula is C22H38N4O5. The first-order valence-electron chi connectivity index (χ1n) is 11.5. The van der Waals surface area contributed by atoms with Gasteiger partial charge in [-0.1, -0.05) is 40.5 Å². The van der Waals surface area contributed by atoms with Crippen LogP contribution >= 0.6 is 0 Å². The highest BCUT2D eigenvalue weighted by Gasteiger charge is 2.44. The normalized spacial score (nSPS) is 25.1. The number of carbonyl (C=O) groups excluding carboxylic acids is 3. The summed E-state index contributed by atoms with van der Waals surface area (Å²) < 4.78 is 0. The van der Waals surface area contributed by atoms with E-state index in [1.807, 2.05) is 20.8 Å². The van der Waals surface area contributed by atoms with Crippen molar-refractivity contribution in [2.45, 2.75) is 90.4 Å². The van der Waals surface area contributed by atoms with E-state index in [0.717, 1.165) is 12.8 Å². The number of aliphatic carboxylic acids is 1. The van der Waals surface area contributed by atoms with Gasteiger partial charge in [-0.05, 0) is 37.5 Å². The zero-order chi connectivity index (χ0) is 23.3. The minimum absolute atomic E-state index is 0.0164. The molecule has 0 aromatic rings. The molecule has 0 spiro atoms. The first kappa shape index (κ1) is 25.1. The van der Waals surface area contributed by atoms with Crippen LogP contribution in [-0.2, 0) is 19.2 Å². The van der Waals surface area contributed by atoms with Crippen molar-refractivity contribution in [3.8, 4) is 0 Å². The van der Waals surface area contributed by atoms with Gasteiger partial charge < -0.3 is 26.0 Å². The number of rotatable bonds is 9. The van der Waals surface area contributed by atoms with E-state index in [-0.39, 0.29) is 23.7 Å². The molecule has 0 saturated carbocycles. The zero-order valence-electron chi connectivity index (χ0n) is 19.2. The number of nitrogens with zero attached hydrogens (tertiary/aromatic N) is 2. The predicted octanol–water partition coefficient (Wildman–Crippen LogP) is 0.957. The van der Waals surface area contributed by atoms with Crippen LogP contribution in [0.3, 0.4) is 0 Å². The van der Waals surface area contributed by atoms with Gasteiger partial charge in [0.25, 0.3) is 0 Å². The largest absolute Gasteiger partial charge is 0.480 e. The van der Waals surface area contributed by atoms with Crippen molar-refractivity contribution >= 4 is 23.7 Å². The summed E-state index contributed by atoms with van der Waals surface area (Å²) in [7, 11) is 0. The standard InChI is InChI=1S/C22H38N4O5/c1-5-13(3)17(23)21(29)26-12-8-10-16(26)20(28)25-11-7-9-15(25)19(27)24-18(22(30)31)14(4)6-2/h13-18H,5-12,23H2,1-4H3,(H,24,27)(H,30,31). The summed E-state index contributed by atoms with van der Waals surface area (Å²) in [5.41, 5.74) is 6.13. The Morgan fingerprint density at radius 3 is 2.06 bits per heavy atom. The van der Waals surface area contributed by atoms with Gasteiger partial charge in [0.2, 0.25) is 17.7 Å². The fourth-order valence-corrected chi connectivity index (χ4v) is 4.40. The molecule has 3 amide bonds. The Kier molecular flexibility index (Phi) is 8.85. The number of carbonyl (C=O) groups is 4. The number of amides is 3. The fraction of sp³-hybridized carbons (Fsp3) is 0.818. The van der Waals surface area contributed by atoms with Crippen LogP contribution in [0.25, 0.3) is 0 Å². The second-order valence-corrected chi connectivity index (χ2v) is 9.00. The summed E-state index contributed by atoms with van der Waals surface area (Å²) >= 11 is 0. The van der Waals surface area contributed by atoms with E-state index in [9.17, 15) is 24.3 Å². The average Bonchev–Trinajstić information content (AvgIpc) is 3.44. The molecule has 0 radical (unpaired) electrons. The third-order valence-electron chi connectivity index (χ3n) is 6.98. The van der Waals surface area contributed by atoms with Crippen LogP contribution in [0.15, 0.2) is 0 Å². The molecule has 0 aliphatic carbocycles. The third-order valence-corrected chi connectivity index (χ3v) is 6.98. The summed E-state index contributed by atoms with van der Waals surface area (Å²) in [6.45, 7) is 8.45. The molecule has 2 saturated heterocycles. The molecule has 176 valence electrons. The van der Waals surface area contributed by atoms with E-state index < -0.39 is 36.0 Å². The molecule has 6 unspecified atom stereocenters. The van der Waals surface area contributed by atoms with Crippen molar-refractivity contribution in [1.82, 2.24) is 15.1 Å². The van der Waals surface area contributed by atoms with Crippen molar-refractivity contribution in [3.63, 3.8) is 0 Å². The Morgan fingerprint density at radius 1 is 0.968 bits per heavy atom. The second kappa shape index (κ2) is 10.9. The maximum atomic E-state index is 13.3. The first-order chi connectivity index (χ1) is 14.6. The van der Waals surface area contributed by atoms with Gasteiger partial charge in [0, 0.05) is 13.1 Å². The van der Waals surface area contributed by atoms with Crippen LogP contribution in [0.5, 0.6) is 0 Å². The van der Waals surface area contributed by atoms with Crippen LogP contribution in [-0.4, -0.2) is 75.9 Å². The van der Waals surface area contributed by atoms with Crippen LogP contribution in [0.1, 0.15) is 66.2 Å². The van der Waals surface area contributed by atoms with Gasteiger partial charge in [0.05, 0.1) is 6.04 Å². The molecule has 6 atom stereocenters. The average molecular weight is 439 g/mol. The van der Waals surface area contributed by atoms with Crippen LogP contribution in [0.2, 0.25) is 0 Å². The SMILES string of the molecule is CCC(C)C(N)C(=O)N1CCCC1C(=O)N1CCCC1C(=O)NC(C(=O)O)C(C)CC. The molecule has 31 heavy (non-hydrogen) atoms. The molecule has 0 aromatic heterocycles. The monoisotopic (exact) mass is 438 g/mol. The van der Waals surface area contributed by atoms with E-state index in [2.05, 4.69) is 5.32 Å². The molecule has 2 rings (SSSR count). The summed E-state index contributed by atoms with van der Waals surface area (Å²) in [6, 6.07) is -2.96. The molecule has 0 aromatic carbocycles. The summed E-state index contributed by atoms with van der Waals surface area (Å²) in [6.07, 6.45) is 3.80. The molecule has 4 N–H and O–H groups in total. The van der Waals surface area contributed by atoms with Gasteiger partial charge >= 0.3 is 5.97 Å². The lowest BCUT2D eigenvalue weighted by atomic mass is 9.98. The van der Waals surface area contributed by atoms with Crippen molar-refractivity contribution < 1.29 is 24.3 Å². The van der Waals surface area contributed by atoms with Crippen LogP contribution in [0.4, 0.5) is 0 Å². The van der Waals surface area contributed by atoms with Crippen LogP contribution < -0.4 is 11.1 Å². The lowest BCUT2D eigenvalue weighted by Crippen LogP contribution is -2.57. The number of hydrogen-bond acceptors (Lipinski definition) is 5. The van der Waals surface area contributed by atoms with E-state index in [1.165, 1.54) is 4.90 Å². The lowest BCUT2D eigenvalue weighted by Gasteiger charge is -2.33. The molecule has 2 aliphatic rings. The number of nitrogens with one attached hydrogen (secondary N) is 1. The van der Waals surface area contributed by atoms with Gasteiger partial charge in [-0.25, -0.2) is 4.79 Å². The second-order valence-electron chi connectivity index (χ2n) is 9.00. The topological polar surface area (TPSA) is 133 Å². The molecular weight excluding hydrogens is 400 g/mol. The first-order valence-corrected chi connectivity index (χ1v) is 11.5. The maximum absolute atomic E-state index is 13.3. The summed E-state index contributed by atoms with van der Waals surface area (Å²) in [5.74, 6) is -2.18. The van der Waals surface area contributed by atoms with Crippen molar-refractivity contribution in [3.05, 3.63) is 0 Å². The van der Waals surface area contributed by atoms with Crippen molar-refractivity contribution in [2.75, 3.05) is 13.1 Å². The Hall–Kier alpha value is -2.16. The zero-order valence-corrected chi connectivity index (χ0v) is 19.2. The minimum atomic E-state index is -1.08. The molecule has 2 aliphatic heterocycles. The quantitative estimate of drug-likeness (QED) is 0.491. The number of likely N-dealkylation sites (tertiary alicyclic amines) is 2. The van der Waals surface area contributed by atoms with Gasteiger partial charge in [0.1, 0.15) is 18.1 Å². The Morgan fingerprint density at radius 2 is 1.52 bits per heavy atom. The van der Waals surface area contributed by atoms with E-state index >= 15 is 0 Å². The van der Waals surface area contributed by atoms with Crippen LogP contribution in [0, 0.1) is 11.8 Å². The van der Waals surface area contributed by atoms with Gasteiger partial charge in [-0.15, -0.1) is 0 Å². The third kappa shape index (κ3) is 5.56. The predicted molar refractivity (Wildman–Crippen MR) is 116 cm³/mol. The highest BCUT2D eigenvalue weighted by molar-refractivity contribution is 5.95. The van der Waals surface area contributed by atoms with E-state index in [0.29, 0.717) is 38.8 Å². The summed E-state index contributed by atoms with van der Waals surface area (Å²) in [4.78, 5) is 53.8. The molecule has 0 bridgehead atoms. The highest BCUT2D eigenvalue weighted by Crippen LogP contribution is 2.26. The minimum Gasteiger partial charge on any atom is -0.480 e. The number of carboxylic acids is 1. The molecule has 2 fully saturated rings. The Labute approximate surface area is 184 Å². The highest BCUT2D eigenvalue weighted by atomic mass is 16.4. The smallest absolute Gasteiger partial charge is 0.326 e. The van der Waals surface area contributed by atoms with E-state index in [4.69, 9.17) is 5.73 Å². The van der Waals surface area contributed by atoms with Gasteiger partial charge in [-0.3, -0.25) is 14.4 Å². The number of carboxylic acid groups (broad SMARTS) is 1. The lowest BCUT2D eigenvalue weighted by molar-refractivity contribution is -0.149. The van der Waals surface area contributed by atoms with Gasteiger partial charge in [0.15, 0.2) is 0 Å².